The topological polar surface area (TPSA) is 107 Å². The van der Waals surface area contributed by atoms with Crippen LogP contribution in [0.2, 0.25) is 0 Å². The fourth-order valence-corrected chi connectivity index (χ4v) is 1.89. The fraction of sp³-hybridized carbons (Fsp3) is 0.615. The molecule has 0 aliphatic heterocycles. The van der Waals surface area contributed by atoms with Crippen LogP contribution in [0.1, 0.15) is 51.4 Å². The van der Waals surface area contributed by atoms with Gasteiger partial charge in [0.15, 0.2) is 0 Å². The highest BCUT2D eigenvalue weighted by molar-refractivity contribution is 5.74. The third-order valence-electron chi connectivity index (χ3n) is 2.97. The van der Waals surface area contributed by atoms with E-state index in [9.17, 15) is 9.59 Å². The number of aromatic nitrogens is 2. The van der Waals surface area contributed by atoms with Crippen LogP contribution in [0.4, 0.5) is 4.79 Å². The Bertz CT molecular complexity index is 419. The number of rotatable bonds is 8. The molecule has 0 aromatic carbocycles. The predicted molar refractivity (Wildman–Crippen MR) is 74.2 cm³/mol. The molecule has 7 nitrogen and oxygen atoms in total. The van der Waals surface area contributed by atoms with Gasteiger partial charge in [0.1, 0.15) is 5.82 Å². The number of aromatic amines is 1. The van der Waals surface area contributed by atoms with Gasteiger partial charge in [-0.1, -0.05) is 6.92 Å². The van der Waals surface area contributed by atoms with Crippen LogP contribution >= 0.6 is 0 Å². The number of H-pyrrole nitrogens is 1. The summed E-state index contributed by atoms with van der Waals surface area (Å²) in [6.07, 6.45) is 5.40. The highest BCUT2D eigenvalue weighted by Crippen LogP contribution is 2.11. The standard InChI is InChI=1S/C13H22N4O3/c1-3-10(12-14-7-8-15-12)17-13(20)16-9(2)5-4-6-11(18)19/h7-10H,3-6H2,1-2H3,(H,14,15)(H,18,19)(H2,16,17,20). The number of urea groups is 1. The molecule has 1 heterocycles. The largest absolute Gasteiger partial charge is 0.481 e. The third kappa shape index (κ3) is 5.73. The molecule has 2 amide bonds. The van der Waals surface area contributed by atoms with E-state index in [4.69, 9.17) is 5.11 Å². The first-order valence-electron chi connectivity index (χ1n) is 6.81. The van der Waals surface area contributed by atoms with Gasteiger partial charge in [-0.05, 0) is 26.2 Å². The lowest BCUT2D eigenvalue weighted by Crippen LogP contribution is -2.42. The second-order valence-corrected chi connectivity index (χ2v) is 4.74. The van der Waals surface area contributed by atoms with Crippen molar-refractivity contribution in [1.82, 2.24) is 20.6 Å². The number of hydrogen-bond donors (Lipinski definition) is 4. The second kappa shape index (κ2) is 8.19. The molecule has 0 saturated heterocycles. The third-order valence-corrected chi connectivity index (χ3v) is 2.97. The van der Waals surface area contributed by atoms with Crippen LogP contribution in [0, 0.1) is 0 Å². The Kier molecular flexibility index (Phi) is 6.55. The maximum absolute atomic E-state index is 11.8. The Morgan fingerprint density at radius 3 is 2.75 bits per heavy atom. The van der Waals surface area contributed by atoms with Gasteiger partial charge in [-0.2, -0.15) is 0 Å². The maximum atomic E-state index is 11.8. The average Bonchev–Trinajstić information content (AvgIpc) is 2.89. The molecule has 0 radical (unpaired) electrons. The van der Waals surface area contributed by atoms with Gasteiger partial charge in [0.25, 0.3) is 0 Å². The first kappa shape index (κ1) is 16.0. The number of imidazole rings is 1. The molecule has 0 aliphatic carbocycles. The van der Waals surface area contributed by atoms with Crippen LogP contribution < -0.4 is 10.6 Å². The van der Waals surface area contributed by atoms with E-state index in [1.54, 1.807) is 12.4 Å². The molecule has 2 unspecified atom stereocenters. The van der Waals surface area contributed by atoms with E-state index in [-0.39, 0.29) is 24.5 Å². The minimum atomic E-state index is -0.814. The van der Waals surface area contributed by atoms with Crippen LogP contribution in [-0.2, 0) is 4.79 Å². The lowest BCUT2D eigenvalue weighted by Gasteiger charge is -2.18. The van der Waals surface area contributed by atoms with Gasteiger partial charge in [-0.25, -0.2) is 9.78 Å². The number of aliphatic carboxylic acids is 1. The maximum Gasteiger partial charge on any atom is 0.315 e. The van der Waals surface area contributed by atoms with Crippen molar-refractivity contribution in [3.63, 3.8) is 0 Å². The molecule has 0 aliphatic rings. The summed E-state index contributed by atoms with van der Waals surface area (Å²) >= 11 is 0. The quantitative estimate of drug-likeness (QED) is 0.583. The number of hydrogen-bond acceptors (Lipinski definition) is 3. The molecule has 1 rings (SSSR count). The van der Waals surface area contributed by atoms with E-state index in [1.165, 1.54) is 0 Å². The Hall–Kier alpha value is -2.05. The smallest absolute Gasteiger partial charge is 0.315 e. The highest BCUT2D eigenvalue weighted by Gasteiger charge is 2.15. The molecule has 1 aromatic heterocycles. The van der Waals surface area contributed by atoms with Crippen LogP contribution in [-0.4, -0.2) is 33.1 Å². The molecule has 0 saturated carbocycles. The van der Waals surface area contributed by atoms with Gasteiger partial charge in [0.05, 0.1) is 6.04 Å². The fourth-order valence-electron chi connectivity index (χ4n) is 1.89. The molecule has 0 spiro atoms. The second-order valence-electron chi connectivity index (χ2n) is 4.74. The van der Waals surface area contributed by atoms with E-state index in [2.05, 4.69) is 20.6 Å². The van der Waals surface area contributed by atoms with E-state index in [0.29, 0.717) is 12.8 Å². The van der Waals surface area contributed by atoms with E-state index in [1.807, 2.05) is 13.8 Å². The Balaban J connectivity index is 2.33. The van der Waals surface area contributed by atoms with Crippen molar-refractivity contribution in [3.05, 3.63) is 18.2 Å². The summed E-state index contributed by atoms with van der Waals surface area (Å²) < 4.78 is 0. The van der Waals surface area contributed by atoms with Crippen molar-refractivity contribution in [2.75, 3.05) is 0 Å². The molecule has 0 bridgehead atoms. The average molecular weight is 282 g/mol. The Morgan fingerprint density at radius 2 is 2.20 bits per heavy atom. The Morgan fingerprint density at radius 1 is 1.45 bits per heavy atom. The summed E-state index contributed by atoms with van der Waals surface area (Å²) in [6, 6.07) is -0.490. The number of carboxylic acids is 1. The van der Waals surface area contributed by atoms with Crippen LogP contribution in [0.5, 0.6) is 0 Å². The van der Waals surface area contributed by atoms with E-state index < -0.39 is 5.97 Å². The number of carbonyl (C=O) groups is 2. The minimum Gasteiger partial charge on any atom is -0.481 e. The van der Waals surface area contributed by atoms with Gasteiger partial charge < -0.3 is 20.7 Å². The van der Waals surface area contributed by atoms with Gasteiger partial charge in [0, 0.05) is 24.9 Å². The summed E-state index contributed by atoms with van der Waals surface area (Å²) in [5.41, 5.74) is 0. The molecule has 112 valence electrons. The number of carboxylic acid groups (broad SMARTS) is 1. The summed E-state index contributed by atoms with van der Waals surface area (Å²) in [6.45, 7) is 3.82. The summed E-state index contributed by atoms with van der Waals surface area (Å²) in [5.74, 6) is -0.0910. The molecule has 4 N–H and O–H groups in total. The molecule has 0 fully saturated rings. The first-order valence-corrected chi connectivity index (χ1v) is 6.81. The lowest BCUT2D eigenvalue weighted by atomic mass is 10.1. The predicted octanol–water partition coefficient (Wildman–Crippen LogP) is 1.80. The van der Waals surface area contributed by atoms with Crippen molar-refractivity contribution in [2.24, 2.45) is 0 Å². The summed E-state index contributed by atoms with van der Waals surface area (Å²) in [5, 5.41) is 14.2. The molecular weight excluding hydrogens is 260 g/mol. The van der Waals surface area contributed by atoms with E-state index in [0.717, 1.165) is 12.2 Å². The van der Waals surface area contributed by atoms with Crippen molar-refractivity contribution >= 4 is 12.0 Å². The van der Waals surface area contributed by atoms with Gasteiger partial charge in [0.2, 0.25) is 0 Å². The number of carbonyl (C=O) groups excluding carboxylic acids is 1. The van der Waals surface area contributed by atoms with Crippen molar-refractivity contribution in [3.8, 4) is 0 Å². The zero-order chi connectivity index (χ0) is 15.0. The van der Waals surface area contributed by atoms with E-state index >= 15 is 0 Å². The van der Waals surface area contributed by atoms with Crippen LogP contribution in [0.3, 0.4) is 0 Å². The summed E-state index contributed by atoms with van der Waals surface area (Å²) in [7, 11) is 0. The number of amides is 2. The zero-order valence-electron chi connectivity index (χ0n) is 11.8. The van der Waals surface area contributed by atoms with Crippen molar-refractivity contribution in [1.29, 1.82) is 0 Å². The molecular formula is C13H22N4O3. The van der Waals surface area contributed by atoms with Crippen LogP contribution in [0.25, 0.3) is 0 Å². The van der Waals surface area contributed by atoms with Crippen molar-refractivity contribution < 1.29 is 14.7 Å². The molecule has 7 heteroatoms. The number of nitrogens with zero attached hydrogens (tertiary/aromatic N) is 1. The highest BCUT2D eigenvalue weighted by atomic mass is 16.4. The van der Waals surface area contributed by atoms with Crippen molar-refractivity contribution in [2.45, 2.75) is 51.6 Å². The Labute approximate surface area is 118 Å². The molecule has 1 aromatic rings. The normalized spacial score (nSPS) is 13.5. The van der Waals surface area contributed by atoms with Gasteiger partial charge in [-0.15, -0.1) is 0 Å². The number of nitrogens with one attached hydrogen (secondary N) is 3. The lowest BCUT2D eigenvalue weighted by molar-refractivity contribution is -0.137. The monoisotopic (exact) mass is 282 g/mol. The minimum absolute atomic E-state index is 0.0662. The van der Waals surface area contributed by atoms with Gasteiger partial charge >= 0.3 is 12.0 Å². The molecule has 2 atom stereocenters. The van der Waals surface area contributed by atoms with Gasteiger partial charge in [-0.3, -0.25) is 4.79 Å². The zero-order valence-corrected chi connectivity index (χ0v) is 11.8. The summed E-state index contributed by atoms with van der Waals surface area (Å²) in [4.78, 5) is 29.3. The first-order chi connectivity index (χ1) is 9.52. The van der Waals surface area contributed by atoms with Crippen LogP contribution in [0.15, 0.2) is 12.4 Å². The molecule has 20 heavy (non-hydrogen) atoms. The SMILES string of the molecule is CCC(NC(=O)NC(C)CCCC(=O)O)c1ncc[nH]1.